The number of rotatable bonds is 8. The van der Waals surface area contributed by atoms with Crippen molar-refractivity contribution in [3.05, 3.63) is 82.3 Å². The summed E-state index contributed by atoms with van der Waals surface area (Å²) in [5.74, 6) is 0.683. The predicted molar refractivity (Wildman–Crippen MR) is 130 cm³/mol. The molecule has 0 saturated heterocycles. The van der Waals surface area contributed by atoms with Crippen LogP contribution in [0.4, 0.5) is 10.8 Å². The maximum atomic E-state index is 12.8. The Bertz CT molecular complexity index is 1280. The second-order valence-corrected chi connectivity index (χ2v) is 9.14. The van der Waals surface area contributed by atoms with Crippen molar-refractivity contribution in [2.24, 2.45) is 0 Å². The summed E-state index contributed by atoms with van der Waals surface area (Å²) in [4.78, 5) is 35.4. The van der Waals surface area contributed by atoms with Crippen LogP contribution < -0.4 is 4.90 Å². The first kappa shape index (κ1) is 23.7. The van der Waals surface area contributed by atoms with Gasteiger partial charge >= 0.3 is 5.97 Å². The van der Waals surface area contributed by atoms with E-state index in [1.54, 1.807) is 23.7 Å². The molecular weight excluding hydrogens is 472 g/mol. The zero-order valence-electron chi connectivity index (χ0n) is 18.8. The zero-order chi connectivity index (χ0) is 24.1. The number of pyridine rings is 1. The van der Waals surface area contributed by atoms with Gasteiger partial charge in [0.05, 0.1) is 22.6 Å². The van der Waals surface area contributed by atoms with Gasteiger partial charge in [0.25, 0.3) is 0 Å². The fraction of sp³-hybridized carbons (Fsp3) is 0.208. The molecule has 0 radical (unpaired) electrons. The van der Waals surface area contributed by atoms with Gasteiger partial charge in [0, 0.05) is 29.8 Å². The van der Waals surface area contributed by atoms with Crippen molar-refractivity contribution >= 4 is 45.8 Å². The Morgan fingerprint density at radius 3 is 2.65 bits per heavy atom. The second-order valence-electron chi connectivity index (χ2n) is 7.34. The van der Waals surface area contributed by atoms with E-state index in [9.17, 15) is 9.59 Å². The maximum Gasteiger partial charge on any atom is 0.341 e. The summed E-state index contributed by atoms with van der Waals surface area (Å²) in [5.41, 5.74) is 3.47. The number of thiazole rings is 1. The first-order valence-corrected chi connectivity index (χ1v) is 12.3. The summed E-state index contributed by atoms with van der Waals surface area (Å²) < 4.78 is 10.7. The van der Waals surface area contributed by atoms with Gasteiger partial charge in [-0.25, -0.2) is 14.8 Å². The summed E-state index contributed by atoms with van der Waals surface area (Å²) in [6.07, 6.45) is 1.64. The Balaban J connectivity index is 1.43. The monoisotopic (exact) mass is 494 g/mol. The van der Waals surface area contributed by atoms with Crippen LogP contribution in [0.2, 0.25) is 0 Å². The molecule has 0 aliphatic rings. The number of carbonyl (C=O) groups excluding carboxylic acids is 2. The van der Waals surface area contributed by atoms with Crippen molar-refractivity contribution in [2.45, 2.75) is 38.2 Å². The van der Waals surface area contributed by atoms with E-state index in [0.717, 1.165) is 22.7 Å². The average Bonchev–Trinajstić information content (AvgIpc) is 3.43. The van der Waals surface area contributed by atoms with E-state index in [0.29, 0.717) is 27.2 Å². The minimum absolute atomic E-state index is 0.0151. The minimum atomic E-state index is -0.490. The molecule has 0 fully saturated rings. The highest BCUT2D eigenvalue weighted by atomic mass is 32.2. The number of carbonyl (C=O) groups is 2. The highest BCUT2D eigenvalue weighted by Crippen LogP contribution is 2.30. The van der Waals surface area contributed by atoms with E-state index in [1.807, 2.05) is 44.2 Å². The van der Waals surface area contributed by atoms with Gasteiger partial charge in [-0.05, 0) is 38.1 Å². The maximum absolute atomic E-state index is 12.8. The molecule has 0 N–H and O–H groups in total. The molecule has 4 aromatic rings. The number of nitrogens with zero attached hydrogens (tertiary/aromatic N) is 4. The van der Waals surface area contributed by atoms with Gasteiger partial charge in [-0.15, -0.1) is 23.1 Å². The molecule has 0 aliphatic heterocycles. The third-order valence-electron chi connectivity index (χ3n) is 4.94. The molecule has 0 spiro atoms. The first-order valence-electron chi connectivity index (χ1n) is 10.4. The van der Waals surface area contributed by atoms with Crippen molar-refractivity contribution in [3.63, 3.8) is 0 Å². The molecule has 0 unspecified atom stereocenters. The molecule has 0 atom stereocenters. The molecule has 10 heteroatoms. The molecular formula is C24H22N4O4S2. The molecule has 0 saturated carbocycles. The van der Waals surface area contributed by atoms with Crippen LogP contribution in [-0.4, -0.2) is 27.0 Å². The Morgan fingerprint density at radius 1 is 1.15 bits per heavy atom. The molecule has 34 heavy (non-hydrogen) atoms. The van der Waals surface area contributed by atoms with E-state index in [-0.39, 0.29) is 12.5 Å². The van der Waals surface area contributed by atoms with Gasteiger partial charge in [0.2, 0.25) is 5.91 Å². The highest BCUT2D eigenvalue weighted by Gasteiger charge is 2.20. The summed E-state index contributed by atoms with van der Waals surface area (Å²) in [5, 5.41) is 6.82. The topological polar surface area (TPSA) is 98.4 Å². The summed E-state index contributed by atoms with van der Waals surface area (Å²) >= 11 is 2.73. The lowest BCUT2D eigenvalue weighted by Gasteiger charge is -2.17. The van der Waals surface area contributed by atoms with E-state index in [4.69, 9.17) is 9.26 Å². The summed E-state index contributed by atoms with van der Waals surface area (Å²) in [6, 6.07) is 12.7. The number of hydrogen-bond acceptors (Lipinski definition) is 9. The Morgan fingerprint density at radius 2 is 1.94 bits per heavy atom. The standard InChI is InChI=1S/C24H22N4O4S2/c1-15-21(16(2)32-27-15)14-33-22-20(10-7-11-25-22)23(30)31-12-18-13-34-24(26-18)28(17(3)29)19-8-5-4-6-9-19/h4-11,13H,12,14H2,1-3H3. The average molecular weight is 495 g/mol. The predicted octanol–water partition coefficient (Wildman–Crippen LogP) is 5.48. The number of para-hydroxylation sites is 1. The largest absolute Gasteiger partial charge is 0.455 e. The molecule has 4 rings (SSSR count). The number of amides is 1. The number of aromatic nitrogens is 3. The van der Waals surface area contributed by atoms with Crippen molar-refractivity contribution < 1.29 is 18.8 Å². The normalized spacial score (nSPS) is 10.8. The zero-order valence-corrected chi connectivity index (χ0v) is 20.5. The van der Waals surface area contributed by atoms with E-state index < -0.39 is 5.97 Å². The summed E-state index contributed by atoms with van der Waals surface area (Å²) in [7, 11) is 0. The fourth-order valence-electron chi connectivity index (χ4n) is 3.20. The molecule has 0 bridgehead atoms. The van der Waals surface area contributed by atoms with E-state index in [2.05, 4.69) is 15.1 Å². The highest BCUT2D eigenvalue weighted by molar-refractivity contribution is 7.98. The van der Waals surface area contributed by atoms with Gasteiger partial charge in [-0.1, -0.05) is 23.4 Å². The quantitative estimate of drug-likeness (QED) is 0.235. The van der Waals surface area contributed by atoms with Crippen LogP contribution in [0.25, 0.3) is 0 Å². The van der Waals surface area contributed by atoms with E-state index in [1.165, 1.54) is 34.9 Å². The van der Waals surface area contributed by atoms with Crippen molar-refractivity contribution in [3.8, 4) is 0 Å². The van der Waals surface area contributed by atoms with Gasteiger partial charge in [0.15, 0.2) is 5.13 Å². The molecule has 1 amide bonds. The third kappa shape index (κ3) is 5.35. The fourth-order valence-corrected chi connectivity index (χ4v) is 5.20. The molecule has 3 heterocycles. The van der Waals surface area contributed by atoms with Crippen molar-refractivity contribution in [1.82, 2.24) is 15.1 Å². The third-order valence-corrected chi connectivity index (χ3v) is 6.84. The number of anilines is 2. The molecule has 0 aliphatic carbocycles. The Hall–Kier alpha value is -3.50. The minimum Gasteiger partial charge on any atom is -0.455 e. The van der Waals surface area contributed by atoms with Crippen molar-refractivity contribution in [1.29, 1.82) is 0 Å². The SMILES string of the molecule is CC(=O)N(c1ccccc1)c1nc(COC(=O)c2cccnc2SCc2c(C)noc2C)cs1. The number of aryl methyl sites for hydroxylation is 2. The van der Waals surface area contributed by atoms with Crippen LogP contribution in [0.5, 0.6) is 0 Å². The number of benzene rings is 1. The number of esters is 1. The molecule has 174 valence electrons. The van der Waals surface area contributed by atoms with E-state index >= 15 is 0 Å². The van der Waals surface area contributed by atoms with Crippen molar-refractivity contribution in [2.75, 3.05) is 4.90 Å². The number of ether oxygens (including phenoxy) is 1. The lowest BCUT2D eigenvalue weighted by Crippen LogP contribution is -2.22. The Kier molecular flexibility index (Phi) is 7.39. The number of hydrogen-bond donors (Lipinski definition) is 0. The summed E-state index contributed by atoms with van der Waals surface area (Å²) in [6.45, 7) is 5.21. The van der Waals surface area contributed by atoms with Crippen LogP contribution in [-0.2, 0) is 21.9 Å². The second kappa shape index (κ2) is 10.6. The van der Waals surface area contributed by atoms with Gasteiger partial charge in [-0.3, -0.25) is 9.69 Å². The molecule has 8 nitrogen and oxygen atoms in total. The van der Waals surface area contributed by atoms with Gasteiger partial charge in [-0.2, -0.15) is 0 Å². The Labute approximate surface area is 205 Å². The number of thioether (sulfide) groups is 1. The van der Waals surface area contributed by atoms with Crippen LogP contribution in [0.1, 0.15) is 40.0 Å². The molecule has 3 aromatic heterocycles. The van der Waals surface area contributed by atoms with Gasteiger partial charge < -0.3 is 9.26 Å². The van der Waals surface area contributed by atoms with Gasteiger partial charge in [0.1, 0.15) is 17.4 Å². The lowest BCUT2D eigenvalue weighted by molar-refractivity contribution is -0.115. The van der Waals surface area contributed by atoms with Crippen LogP contribution >= 0.6 is 23.1 Å². The van der Waals surface area contributed by atoms with Crippen LogP contribution in [0, 0.1) is 13.8 Å². The first-order chi connectivity index (χ1) is 16.4. The van der Waals surface area contributed by atoms with Crippen LogP contribution in [0.15, 0.2) is 63.6 Å². The van der Waals surface area contributed by atoms with Crippen LogP contribution in [0.3, 0.4) is 0 Å². The lowest BCUT2D eigenvalue weighted by atomic mass is 10.2. The molecule has 1 aromatic carbocycles. The smallest absolute Gasteiger partial charge is 0.341 e.